The molecule has 1 aliphatic rings. The lowest BCUT2D eigenvalue weighted by Crippen LogP contribution is -2.25. The van der Waals surface area contributed by atoms with Crippen LogP contribution in [0.15, 0.2) is 36.4 Å². The number of benzene rings is 2. The topological polar surface area (TPSA) is 77.8 Å². The maximum atomic E-state index is 12.6. The van der Waals surface area contributed by atoms with E-state index in [0.29, 0.717) is 13.1 Å². The van der Waals surface area contributed by atoms with Gasteiger partial charge in [-0.3, -0.25) is 4.79 Å². The Kier molecular flexibility index (Phi) is 3.33. The van der Waals surface area contributed by atoms with Gasteiger partial charge in [-0.15, -0.1) is 0 Å². The van der Waals surface area contributed by atoms with Crippen molar-refractivity contribution in [2.75, 3.05) is 0 Å². The van der Waals surface area contributed by atoms with Crippen molar-refractivity contribution in [2.24, 2.45) is 0 Å². The summed E-state index contributed by atoms with van der Waals surface area (Å²) >= 11 is 0. The summed E-state index contributed by atoms with van der Waals surface area (Å²) in [6, 6.07) is 9.87. The van der Waals surface area contributed by atoms with Crippen molar-refractivity contribution in [1.82, 2.24) is 4.90 Å². The fourth-order valence-corrected chi connectivity index (χ4v) is 2.76. The van der Waals surface area contributed by atoms with Crippen LogP contribution in [-0.2, 0) is 13.1 Å². The summed E-state index contributed by atoms with van der Waals surface area (Å²) in [5.41, 5.74) is 3.41. The van der Waals surface area contributed by atoms with Gasteiger partial charge in [0.1, 0.15) is 11.3 Å². The van der Waals surface area contributed by atoms with Gasteiger partial charge >= 0.3 is 5.97 Å². The first-order valence-electron chi connectivity index (χ1n) is 6.90. The maximum absolute atomic E-state index is 12.6. The smallest absolute Gasteiger partial charge is 0.339 e. The van der Waals surface area contributed by atoms with Gasteiger partial charge in [0.15, 0.2) is 0 Å². The first kappa shape index (κ1) is 14.1. The highest BCUT2D eigenvalue weighted by Crippen LogP contribution is 2.28. The number of carbonyl (C=O) groups is 2. The van der Waals surface area contributed by atoms with Crippen LogP contribution in [0.4, 0.5) is 0 Å². The zero-order chi connectivity index (χ0) is 15.9. The Balaban J connectivity index is 1.89. The number of carboxylic acid groups (broad SMARTS) is 1. The summed E-state index contributed by atoms with van der Waals surface area (Å²) in [6.45, 7) is 3.04. The van der Waals surface area contributed by atoms with E-state index in [2.05, 4.69) is 0 Å². The molecule has 0 atom stereocenters. The molecule has 0 bridgehead atoms. The van der Waals surface area contributed by atoms with Gasteiger partial charge in [-0.1, -0.05) is 18.2 Å². The number of phenols is 1. The van der Waals surface area contributed by atoms with E-state index in [1.807, 2.05) is 25.1 Å². The molecule has 5 nitrogen and oxygen atoms in total. The van der Waals surface area contributed by atoms with Gasteiger partial charge in [-0.05, 0) is 41.8 Å². The SMILES string of the molecule is Cc1cccc2c1CN(C(=O)c1ccc(O)c(C(=O)O)c1)C2. The molecule has 2 aromatic rings. The summed E-state index contributed by atoms with van der Waals surface area (Å²) < 4.78 is 0. The van der Waals surface area contributed by atoms with E-state index in [4.69, 9.17) is 5.11 Å². The third-order valence-corrected chi connectivity index (χ3v) is 3.98. The van der Waals surface area contributed by atoms with Crippen molar-refractivity contribution < 1.29 is 19.8 Å². The average Bonchev–Trinajstić information content (AvgIpc) is 2.92. The highest BCUT2D eigenvalue weighted by Gasteiger charge is 2.26. The Hall–Kier alpha value is -2.82. The van der Waals surface area contributed by atoms with E-state index in [1.165, 1.54) is 18.2 Å². The molecule has 5 heteroatoms. The van der Waals surface area contributed by atoms with E-state index < -0.39 is 5.97 Å². The molecule has 0 aromatic heterocycles. The first-order valence-corrected chi connectivity index (χ1v) is 6.90. The van der Waals surface area contributed by atoms with E-state index in [0.717, 1.165) is 16.7 Å². The second-order valence-electron chi connectivity index (χ2n) is 5.41. The third kappa shape index (κ3) is 2.30. The largest absolute Gasteiger partial charge is 0.507 e. The number of carbonyl (C=O) groups excluding carboxylic acids is 1. The third-order valence-electron chi connectivity index (χ3n) is 3.98. The number of nitrogens with zero attached hydrogens (tertiary/aromatic N) is 1. The lowest BCUT2D eigenvalue weighted by molar-refractivity contribution is 0.0693. The van der Waals surface area contributed by atoms with Gasteiger partial charge in [-0.25, -0.2) is 4.79 Å². The Labute approximate surface area is 127 Å². The number of rotatable bonds is 2. The molecule has 0 saturated heterocycles. The predicted molar refractivity (Wildman–Crippen MR) is 79.8 cm³/mol. The van der Waals surface area contributed by atoms with E-state index >= 15 is 0 Å². The predicted octanol–water partition coefficient (Wildman–Crippen LogP) is 2.55. The fraction of sp³-hybridized carbons (Fsp3) is 0.176. The lowest BCUT2D eigenvalue weighted by Gasteiger charge is -2.16. The number of aromatic hydroxyl groups is 1. The van der Waals surface area contributed by atoms with Crippen molar-refractivity contribution >= 4 is 11.9 Å². The van der Waals surface area contributed by atoms with E-state index in [-0.39, 0.29) is 22.8 Å². The molecule has 2 aromatic carbocycles. The van der Waals surface area contributed by atoms with Gasteiger partial charge < -0.3 is 15.1 Å². The molecule has 1 heterocycles. The molecule has 0 fully saturated rings. The number of carboxylic acids is 1. The summed E-state index contributed by atoms with van der Waals surface area (Å²) in [4.78, 5) is 25.3. The number of amides is 1. The summed E-state index contributed by atoms with van der Waals surface area (Å²) in [5, 5.41) is 18.6. The van der Waals surface area contributed by atoms with Crippen LogP contribution in [0.25, 0.3) is 0 Å². The molecule has 0 radical (unpaired) electrons. The van der Waals surface area contributed by atoms with Crippen LogP contribution in [0, 0.1) is 6.92 Å². The normalized spacial score (nSPS) is 13.0. The van der Waals surface area contributed by atoms with E-state index in [1.54, 1.807) is 4.90 Å². The Morgan fingerprint density at radius 3 is 2.59 bits per heavy atom. The second-order valence-corrected chi connectivity index (χ2v) is 5.41. The number of fused-ring (bicyclic) bond motifs is 1. The van der Waals surface area contributed by atoms with Gasteiger partial charge in [-0.2, -0.15) is 0 Å². The van der Waals surface area contributed by atoms with Crippen molar-refractivity contribution in [2.45, 2.75) is 20.0 Å². The van der Waals surface area contributed by atoms with Gasteiger partial charge in [0.25, 0.3) is 5.91 Å². The Bertz CT molecular complexity index is 782. The molecule has 1 aliphatic heterocycles. The molecular weight excluding hydrogens is 282 g/mol. The number of hydrogen-bond acceptors (Lipinski definition) is 3. The second kappa shape index (κ2) is 5.18. The van der Waals surface area contributed by atoms with Crippen LogP contribution in [-0.4, -0.2) is 27.0 Å². The van der Waals surface area contributed by atoms with Crippen LogP contribution in [0.2, 0.25) is 0 Å². The highest BCUT2D eigenvalue weighted by molar-refractivity contribution is 5.99. The zero-order valence-electron chi connectivity index (χ0n) is 12.0. The van der Waals surface area contributed by atoms with Crippen LogP contribution in [0.1, 0.15) is 37.4 Å². The number of aromatic carboxylic acids is 1. The molecular formula is C17H15NO4. The van der Waals surface area contributed by atoms with Crippen molar-refractivity contribution in [3.05, 3.63) is 64.2 Å². The summed E-state index contributed by atoms with van der Waals surface area (Å²) in [6.07, 6.45) is 0. The fourth-order valence-electron chi connectivity index (χ4n) is 2.76. The summed E-state index contributed by atoms with van der Waals surface area (Å²) in [7, 11) is 0. The van der Waals surface area contributed by atoms with Crippen LogP contribution >= 0.6 is 0 Å². The van der Waals surface area contributed by atoms with Gasteiger partial charge in [0.2, 0.25) is 0 Å². The summed E-state index contributed by atoms with van der Waals surface area (Å²) in [5.74, 6) is -1.84. The minimum atomic E-state index is -1.26. The molecule has 0 unspecified atom stereocenters. The zero-order valence-corrected chi connectivity index (χ0v) is 12.0. The molecule has 22 heavy (non-hydrogen) atoms. The maximum Gasteiger partial charge on any atom is 0.339 e. The van der Waals surface area contributed by atoms with E-state index in [9.17, 15) is 14.7 Å². The molecule has 2 N–H and O–H groups in total. The lowest BCUT2D eigenvalue weighted by atomic mass is 10.1. The number of aryl methyl sites for hydroxylation is 1. The van der Waals surface area contributed by atoms with Gasteiger partial charge in [0, 0.05) is 18.7 Å². The minimum Gasteiger partial charge on any atom is -0.507 e. The van der Waals surface area contributed by atoms with Crippen LogP contribution in [0.3, 0.4) is 0 Å². The van der Waals surface area contributed by atoms with Crippen molar-refractivity contribution in [1.29, 1.82) is 0 Å². The number of hydrogen-bond donors (Lipinski definition) is 2. The van der Waals surface area contributed by atoms with Crippen molar-refractivity contribution in [3.8, 4) is 5.75 Å². The molecule has 0 aliphatic carbocycles. The Morgan fingerprint density at radius 2 is 1.91 bits per heavy atom. The minimum absolute atomic E-state index is 0.238. The van der Waals surface area contributed by atoms with Crippen LogP contribution < -0.4 is 0 Å². The molecule has 0 saturated carbocycles. The first-order chi connectivity index (χ1) is 10.5. The highest BCUT2D eigenvalue weighted by atomic mass is 16.4. The molecule has 1 amide bonds. The quantitative estimate of drug-likeness (QED) is 0.893. The molecule has 0 spiro atoms. The Morgan fingerprint density at radius 1 is 1.14 bits per heavy atom. The average molecular weight is 297 g/mol. The van der Waals surface area contributed by atoms with Crippen molar-refractivity contribution in [3.63, 3.8) is 0 Å². The standard InChI is InChI=1S/C17H15NO4/c1-10-3-2-4-12-8-18(9-14(10)12)16(20)11-5-6-15(19)13(7-11)17(21)22/h2-7,19H,8-9H2,1H3,(H,21,22). The van der Waals surface area contributed by atoms with Gasteiger partial charge in [0.05, 0.1) is 0 Å². The monoisotopic (exact) mass is 297 g/mol. The molecule has 112 valence electrons. The van der Waals surface area contributed by atoms with Crippen LogP contribution in [0.5, 0.6) is 5.75 Å². The molecule has 3 rings (SSSR count).